The number of nitrogens with one attached hydrogen (secondary N) is 1. The molecule has 0 aliphatic rings. The Kier molecular flexibility index (Phi) is 6.76. The van der Waals surface area contributed by atoms with Crippen LogP contribution in [0.1, 0.15) is 11.1 Å². The van der Waals surface area contributed by atoms with Crippen LogP contribution >= 0.6 is 0 Å². The van der Waals surface area contributed by atoms with Crippen molar-refractivity contribution in [2.75, 3.05) is 0 Å². The topological polar surface area (TPSA) is 69.6 Å². The molecule has 19 heavy (non-hydrogen) atoms. The van der Waals surface area contributed by atoms with Gasteiger partial charge < -0.3 is 15.5 Å². The van der Waals surface area contributed by atoms with E-state index in [2.05, 4.69) is 53.8 Å². The van der Waals surface area contributed by atoms with Crippen LogP contribution in [0.5, 0.6) is 0 Å². The van der Waals surface area contributed by atoms with Gasteiger partial charge in [0.15, 0.2) is 0 Å². The first-order valence-electron chi connectivity index (χ1n) is 5.89. The summed E-state index contributed by atoms with van der Waals surface area (Å²) in [5.41, 5.74) is 2.65. The van der Waals surface area contributed by atoms with Gasteiger partial charge in [-0.15, -0.1) is 0 Å². The second-order valence-corrected chi connectivity index (χ2v) is 3.86. The molecule has 0 saturated carbocycles. The zero-order chi connectivity index (χ0) is 13.9. The maximum Gasteiger partial charge on any atom is 0.503 e. The minimum atomic E-state index is -1.83. The molecule has 0 aromatic heterocycles. The third-order valence-corrected chi connectivity index (χ3v) is 2.34. The van der Waals surface area contributed by atoms with Gasteiger partial charge in [-0.2, -0.15) is 0 Å². The molecule has 0 amide bonds. The van der Waals surface area contributed by atoms with E-state index in [4.69, 9.17) is 15.0 Å². The Morgan fingerprint density at radius 2 is 1.11 bits per heavy atom. The van der Waals surface area contributed by atoms with Gasteiger partial charge in [0.2, 0.25) is 0 Å². The van der Waals surface area contributed by atoms with Gasteiger partial charge in [-0.1, -0.05) is 60.7 Å². The molecule has 0 aliphatic carbocycles. The SMILES string of the molecule is O=C(O)O.c1ccc(CNCc2ccccc2)cc1. The summed E-state index contributed by atoms with van der Waals surface area (Å²) < 4.78 is 0. The first kappa shape index (κ1) is 14.7. The Bertz CT molecular complexity index is 428. The normalized spacial score (nSPS) is 9.26. The number of benzene rings is 2. The van der Waals surface area contributed by atoms with Crippen LogP contribution in [-0.4, -0.2) is 16.4 Å². The van der Waals surface area contributed by atoms with E-state index in [0.29, 0.717) is 0 Å². The average Bonchev–Trinajstić information content (AvgIpc) is 2.41. The lowest BCUT2D eigenvalue weighted by Gasteiger charge is -2.04. The summed E-state index contributed by atoms with van der Waals surface area (Å²) in [4.78, 5) is 8.56. The van der Waals surface area contributed by atoms with Crippen LogP contribution in [0.25, 0.3) is 0 Å². The third-order valence-electron chi connectivity index (χ3n) is 2.34. The molecule has 2 aromatic rings. The molecule has 0 fully saturated rings. The van der Waals surface area contributed by atoms with Crippen LogP contribution in [0.3, 0.4) is 0 Å². The lowest BCUT2D eigenvalue weighted by molar-refractivity contribution is 0.137. The lowest BCUT2D eigenvalue weighted by atomic mass is 10.2. The Balaban J connectivity index is 0.000000399. The van der Waals surface area contributed by atoms with Gasteiger partial charge in [-0.3, -0.25) is 0 Å². The lowest BCUT2D eigenvalue weighted by Crippen LogP contribution is -2.12. The predicted octanol–water partition coefficient (Wildman–Crippen LogP) is 3.20. The molecule has 2 aromatic carbocycles. The van der Waals surface area contributed by atoms with Crippen LogP contribution in [-0.2, 0) is 13.1 Å². The number of hydrogen-bond acceptors (Lipinski definition) is 2. The number of carbonyl (C=O) groups is 1. The first-order chi connectivity index (χ1) is 9.18. The Labute approximate surface area is 112 Å². The van der Waals surface area contributed by atoms with Gasteiger partial charge >= 0.3 is 6.16 Å². The van der Waals surface area contributed by atoms with Gasteiger partial charge in [0, 0.05) is 13.1 Å². The molecular weight excluding hydrogens is 242 g/mol. The highest BCUT2D eigenvalue weighted by Gasteiger charge is 1.92. The fraction of sp³-hybridized carbons (Fsp3) is 0.133. The van der Waals surface area contributed by atoms with Gasteiger partial charge in [0.05, 0.1) is 0 Å². The fourth-order valence-corrected chi connectivity index (χ4v) is 1.54. The first-order valence-corrected chi connectivity index (χ1v) is 5.89. The second-order valence-electron chi connectivity index (χ2n) is 3.86. The average molecular weight is 259 g/mol. The quantitative estimate of drug-likeness (QED) is 0.788. The van der Waals surface area contributed by atoms with Crippen LogP contribution in [0.2, 0.25) is 0 Å². The smallest absolute Gasteiger partial charge is 0.450 e. The minimum Gasteiger partial charge on any atom is -0.450 e. The second kappa shape index (κ2) is 8.72. The highest BCUT2D eigenvalue weighted by atomic mass is 16.6. The Morgan fingerprint density at radius 3 is 1.42 bits per heavy atom. The zero-order valence-electron chi connectivity index (χ0n) is 10.5. The highest BCUT2D eigenvalue weighted by molar-refractivity contribution is 5.53. The highest BCUT2D eigenvalue weighted by Crippen LogP contribution is 2.00. The zero-order valence-corrected chi connectivity index (χ0v) is 10.5. The Morgan fingerprint density at radius 1 is 0.789 bits per heavy atom. The summed E-state index contributed by atoms with van der Waals surface area (Å²) in [6.45, 7) is 1.85. The van der Waals surface area contributed by atoms with Crippen molar-refractivity contribution in [1.29, 1.82) is 0 Å². The van der Waals surface area contributed by atoms with Crippen molar-refractivity contribution < 1.29 is 15.0 Å². The van der Waals surface area contributed by atoms with Gasteiger partial charge in [0.1, 0.15) is 0 Å². The van der Waals surface area contributed by atoms with Crippen LogP contribution in [0.15, 0.2) is 60.7 Å². The summed E-state index contributed by atoms with van der Waals surface area (Å²) in [6.07, 6.45) is -1.83. The number of rotatable bonds is 4. The molecule has 3 N–H and O–H groups in total. The molecule has 0 unspecified atom stereocenters. The van der Waals surface area contributed by atoms with E-state index in [9.17, 15) is 0 Å². The number of hydrogen-bond donors (Lipinski definition) is 3. The molecule has 100 valence electrons. The fourth-order valence-electron chi connectivity index (χ4n) is 1.54. The summed E-state index contributed by atoms with van der Waals surface area (Å²) in [6, 6.07) is 20.9. The maximum absolute atomic E-state index is 8.56. The molecule has 0 bridgehead atoms. The van der Waals surface area contributed by atoms with E-state index in [1.165, 1.54) is 11.1 Å². The van der Waals surface area contributed by atoms with Crippen LogP contribution in [0.4, 0.5) is 4.79 Å². The van der Waals surface area contributed by atoms with Crippen molar-refractivity contribution in [3.8, 4) is 0 Å². The molecule has 0 radical (unpaired) electrons. The summed E-state index contributed by atoms with van der Waals surface area (Å²) in [5.74, 6) is 0. The van der Waals surface area contributed by atoms with Crippen molar-refractivity contribution in [1.82, 2.24) is 5.32 Å². The van der Waals surface area contributed by atoms with E-state index < -0.39 is 6.16 Å². The van der Waals surface area contributed by atoms with E-state index >= 15 is 0 Å². The van der Waals surface area contributed by atoms with Crippen molar-refractivity contribution in [2.45, 2.75) is 13.1 Å². The van der Waals surface area contributed by atoms with Crippen LogP contribution in [0, 0.1) is 0 Å². The van der Waals surface area contributed by atoms with E-state index in [1.807, 2.05) is 12.1 Å². The van der Waals surface area contributed by atoms with Gasteiger partial charge in [-0.05, 0) is 11.1 Å². The Hall–Kier alpha value is -2.33. The molecule has 0 atom stereocenters. The maximum atomic E-state index is 8.56. The van der Waals surface area contributed by atoms with E-state index in [0.717, 1.165) is 13.1 Å². The summed E-state index contributed by atoms with van der Waals surface area (Å²) in [5, 5.41) is 17.4. The van der Waals surface area contributed by atoms with Crippen molar-refractivity contribution >= 4 is 6.16 Å². The van der Waals surface area contributed by atoms with Crippen molar-refractivity contribution in [3.05, 3.63) is 71.8 Å². The minimum absolute atomic E-state index is 0.926. The summed E-state index contributed by atoms with van der Waals surface area (Å²) in [7, 11) is 0. The van der Waals surface area contributed by atoms with Crippen LogP contribution < -0.4 is 5.32 Å². The third kappa shape index (κ3) is 7.57. The molecule has 0 spiro atoms. The molecule has 2 rings (SSSR count). The standard InChI is InChI=1S/C14H15N.CH2O3/c1-3-7-13(8-4-1)11-15-12-14-9-5-2-6-10-14;2-1(3)4/h1-10,15H,11-12H2;(H2,2,3,4). The molecule has 0 aliphatic heterocycles. The van der Waals surface area contributed by atoms with Gasteiger partial charge in [-0.25, -0.2) is 4.79 Å². The van der Waals surface area contributed by atoms with Crippen molar-refractivity contribution in [3.63, 3.8) is 0 Å². The molecule has 4 heteroatoms. The predicted molar refractivity (Wildman–Crippen MR) is 74.1 cm³/mol. The molecule has 4 nitrogen and oxygen atoms in total. The molecular formula is C15H17NO3. The largest absolute Gasteiger partial charge is 0.503 e. The van der Waals surface area contributed by atoms with E-state index in [-0.39, 0.29) is 0 Å². The van der Waals surface area contributed by atoms with E-state index in [1.54, 1.807) is 0 Å². The molecule has 0 heterocycles. The van der Waals surface area contributed by atoms with Gasteiger partial charge in [0.25, 0.3) is 0 Å². The molecule has 0 saturated heterocycles. The number of carboxylic acid groups (broad SMARTS) is 2. The summed E-state index contributed by atoms with van der Waals surface area (Å²) >= 11 is 0. The van der Waals surface area contributed by atoms with Crippen molar-refractivity contribution in [2.24, 2.45) is 0 Å². The monoisotopic (exact) mass is 259 g/mol.